The van der Waals surface area contributed by atoms with Crippen LogP contribution in [0.25, 0.3) is 0 Å². The maximum absolute atomic E-state index is 6.08. The van der Waals surface area contributed by atoms with Gasteiger partial charge in [-0.15, -0.1) is 0 Å². The van der Waals surface area contributed by atoms with Gasteiger partial charge in [0.1, 0.15) is 0 Å². The Hall–Kier alpha value is -0.940. The molecule has 0 bridgehead atoms. The average molecular weight is 289 g/mol. The van der Waals surface area contributed by atoms with Crippen LogP contribution in [0.3, 0.4) is 0 Å². The van der Waals surface area contributed by atoms with Crippen molar-refractivity contribution in [3.63, 3.8) is 0 Å². The Morgan fingerprint density at radius 3 is 2.62 bits per heavy atom. The standard InChI is InChI=1S/C17H27N3O/c1-21-13-14-3-2-4-15(11-14)17(12-18)20-9-7-19(8-10-20)16-5-6-16/h2-4,11,16-17H,5-10,12-13,18H2,1H3. The van der Waals surface area contributed by atoms with E-state index in [1.165, 1.54) is 37.1 Å². The molecule has 1 heterocycles. The molecule has 0 radical (unpaired) electrons. The minimum atomic E-state index is 0.336. The van der Waals surface area contributed by atoms with Gasteiger partial charge in [0.2, 0.25) is 0 Å². The minimum absolute atomic E-state index is 0.336. The van der Waals surface area contributed by atoms with Gasteiger partial charge in [-0.3, -0.25) is 9.80 Å². The van der Waals surface area contributed by atoms with Crippen molar-refractivity contribution in [1.29, 1.82) is 0 Å². The summed E-state index contributed by atoms with van der Waals surface area (Å²) in [6.45, 7) is 6.00. The molecule has 0 aromatic heterocycles. The van der Waals surface area contributed by atoms with E-state index in [-0.39, 0.29) is 0 Å². The number of nitrogens with two attached hydrogens (primary N) is 1. The van der Waals surface area contributed by atoms with Crippen LogP contribution in [0.15, 0.2) is 24.3 Å². The number of nitrogens with zero attached hydrogens (tertiary/aromatic N) is 2. The van der Waals surface area contributed by atoms with Crippen LogP contribution >= 0.6 is 0 Å². The zero-order valence-corrected chi connectivity index (χ0v) is 13.0. The lowest BCUT2D eigenvalue weighted by Crippen LogP contribution is -2.49. The molecule has 0 spiro atoms. The summed E-state index contributed by atoms with van der Waals surface area (Å²) in [5.41, 5.74) is 8.63. The molecule has 2 fully saturated rings. The molecule has 21 heavy (non-hydrogen) atoms. The predicted octanol–water partition coefficient (Wildman–Crippen LogP) is 1.61. The smallest absolute Gasteiger partial charge is 0.0713 e. The van der Waals surface area contributed by atoms with Crippen LogP contribution < -0.4 is 5.73 Å². The molecule has 1 atom stereocenters. The first-order chi connectivity index (χ1) is 10.3. The van der Waals surface area contributed by atoms with E-state index in [0.29, 0.717) is 19.2 Å². The maximum Gasteiger partial charge on any atom is 0.0713 e. The van der Waals surface area contributed by atoms with Crippen molar-refractivity contribution in [3.8, 4) is 0 Å². The third kappa shape index (κ3) is 3.64. The van der Waals surface area contributed by atoms with Gasteiger partial charge >= 0.3 is 0 Å². The topological polar surface area (TPSA) is 41.7 Å². The molecular formula is C17H27N3O. The third-order valence-electron chi connectivity index (χ3n) is 4.72. The highest BCUT2D eigenvalue weighted by Crippen LogP contribution is 2.29. The highest BCUT2D eigenvalue weighted by Gasteiger charge is 2.32. The van der Waals surface area contributed by atoms with Gasteiger partial charge in [-0.1, -0.05) is 24.3 Å². The lowest BCUT2D eigenvalue weighted by Gasteiger charge is -2.39. The van der Waals surface area contributed by atoms with Crippen molar-refractivity contribution in [2.24, 2.45) is 5.73 Å². The summed E-state index contributed by atoms with van der Waals surface area (Å²) in [5.74, 6) is 0. The SMILES string of the molecule is COCc1cccc(C(CN)N2CCN(C3CC3)CC2)c1. The Kier molecular flexibility index (Phi) is 4.91. The lowest BCUT2D eigenvalue weighted by molar-refractivity contribution is 0.0937. The summed E-state index contributed by atoms with van der Waals surface area (Å²) >= 11 is 0. The fraction of sp³-hybridized carbons (Fsp3) is 0.647. The number of hydrogen-bond donors (Lipinski definition) is 1. The number of rotatable bonds is 6. The lowest BCUT2D eigenvalue weighted by atomic mass is 10.0. The van der Waals surface area contributed by atoms with Crippen molar-refractivity contribution in [2.45, 2.75) is 31.5 Å². The first kappa shape index (κ1) is 15.0. The van der Waals surface area contributed by atoms with E-state index >= 15 is 0 Å². The minimum Gasteiger partial charge on any atom is -0.380 e. The Bertz CT molecular complexity index is 453. The molecule has 4 heteroatoms. The van der Waals surface area contributed by atoms with Crippen molar-refractivity contribution in [3.05, 3.63) is 35.4 Å². The molecular weight excluding hydrogens is 262 g/mol. The largest absolute Gasteiger partial charge is 0.380 e. The van der Waals surface area contributed by atoms with E-state index < -0.39 is 0 Å². The molecule has 0 amide bonds. The molecule has 2 N–H and O–H groups in total. The van der Waals surface area contributed by atoms with E-state index in [0.717, 1.165) is 19.1 Å². The Morgan fingerprint density at radius 1 is 1.24 bits per heavy atom. The monoisotopic (exact) mass is 289 g/mol. The van der Waals surface area contributed by atoms with E-state index in [2.05, 4.69) is 34.1 Å². The van der Waals surface area contributed by atoms with Crippen molar-refractivity contribution >= 4 is 0 Å². The van der Waals surface area contributed by atoms with Crippen molar-refractivity contribution < 1.29 is 4.74 Å². The van der Waals surface area contributed by atoms with Crippen molar-refractivity contribution in [1.82, 2.24) is 9.80 Å². The summed E-state index contributed by atoms with van der Waals surface area (Å²) < 4.78 is 5.24. The van der Waals surface area contributed by atoms with Gasteiger partial charge in [-0.25, -0.2) is 0 Å². The van der Waals surface area contributed by atoms with Gasteiger partial charge in [0, 0.05) is 51.9 Å². The van der Waals surface area contributed by atoms with E-state index in [1.54, 1.807) is 7.11 Å². The van der Waals surface area contributed by atoms with Crippen LogP contribution in [0, 0.1) is 0 Å². The first-order valence-corrected chi connectivity index (χ1v) is 8.07. The second-order valence-electron chi connectivity index (χ2n) is 6.23. The molecule has 116 valence electrons. The molecule has 1 aliphatic heterocycles. The van der Waals surface area contributed by atoms with E-state index in [1.807, 2.05) is 0 Å². The normalized spacial score (nSPS) is 22.4. The zero-order valence-electron chi connectivity index (χ0n) is 13.0. The van der Waals surface area contributed by atoms with Gasteiger partial charge in [0.15, 0.2) is 0 Å². The van der Waals surface area contributed by atoms with Gasteiger partial charge in [-0.05, 0) is 24.0 Å². The third-order valence-corrected chi connectivity index (χ3v) is 4.72. The van der Waals surface area contributed by atoms with Crippen LogP contribution in [-0.2, 0) is 11.3 Å². The van der Waals surface area contributed by atoms with Crippen molar-refractivity contribution in [2.75, 3.05) is 39.8 Å². The van der Waals surface area contributed by atoms with Gasteiger partial charge in [-0.2, -0.15) is 0 Å². The van der Waals surface area contributed by atoms with E-state index in [4.69, 9.17) is 10.5 Å². The molecule has 4 nitrogen and oxygen atoms in total. The molecule has 1 saturated heterocycles. The van der Waals surface area contributed by atoms with Gasteiger partial charge in [0.25, 0.3) is 0 Å². The van der Waals surface area contributed by atoms with Crippen LogP contribution in [0.5, 0.6) is 0 Å². The summed E-state index contributed by atoms with van der Waals surface area (Å²) in [7, 11) is 1.74. The maximum atomic E-state index is 6.08. The zero-order chi connectivity index (χ0) is 14.7. The average Bonchev–Trinajstić information content (AvgIpc) is 3.34. The Balaban J connectivity index is 1.65. The molecule has 1 aliphatic carbocycles. The van der Waals surface area contributed by atoms with E-state index in [9.17, 15) is 0 Å². The van der Waals surface area contributed by atoms with Gasteiger partial charge in [0.05, 0.1) is 6.61 Å². The summed E-state index contributed by atoms with van der Waals surface area (Å²) in [4.78, 5) is 5.19. The molecule has 1 aromatic carbocycles. The second kappa shape index (κ2) is 6.88. The Morgan fingerprint density at radius 2 is 2.00 bits per heavy atom. The molecule has 1 aromatic rings. The number of benzene rings is 1. The summed E-state index contributed by atoms with van der Waals surface area (Å²) in [5, 5.41) is 0. The summed E-state index contributed by atoms with van der Waals surface area (Å²) in [6.07, 6.45) is 2.80. The predicted molar refractivity (Wildman–Crippen MR) is 85.1 cm³/mol. The van der Waals surface area contributed by atoms with Crippen LogP contribution in [-0.4, -0.2) is 55.7 Å². The van der Waals surface area contributed by atoms with Crippen LogP contribution in [0.4, 0.5) is 0 Å². The second-order valence-corrected chi connectivity index (χ2v) is 6.23. The van der Waals surface area contributed by atoms with Crippen LogP contribution in [0.2, 0.25) is 0 Å². The molecule has 2 aliphatic rings. The highest BCUT2D eigenvalue weighted by atomic mass is 16.5. The number of ether oxygens (including phenoxy) is 1. The summed E-state index contributed by atoms with van der Waals surface area (Å²) in [6, 6.07) is 9.90. The fourth-order valence-corrected chi connectivity index (χ4v) is 3.41. The highest BCUT2D eigenvalue weighted by molar-refractivity contribution is 5.26. The number of hydrogen-bond acceptors (Lipinski definition) is 4. The van der Waals surface area contributed by atoms with Gasteiger partial charge < -0.3 is 10.5 Å². The van der Waals surface area contributed by atoms with Crippen LogP contribution in [0.1, 0.15) is 30.0 Å². The number of methoxy groups -OCH3 is 1. The molecule has 1 unspecified atom stereocenters. The molecule has 3 rings (SSSR count). The number of piperazine rings is 1. The fourth-order valence-electron chi connectivity index (χ4n) is 3.41. The quantitative estimate of drug-likeness (QED) is 0.864. The Labute approximate surface area is 127 Å². The first-order valence-electron chi connectivity index (χ1n) is 8.07. The molecule has 1 saturated carbocycles.